The molecule has 0 saturated heterocycles. The molecule has 5 heteroatoms. The average Bonchev–Trinajstić information content (AvgIpc) is 3.52. The van der Waals surface area contributed by atoms with Crippen molar-refractivity contribution in [1.29, 1.82) is 0 Å². The molecule has 0 spiro atoms. The summed E-state index contributed by atoms with van der Waals surface area (Å²) >= 11 is 0. The Morgan fingerprint density at radius 1 is 0.514 bits per heavy atom. The summed E-state index contributed by atoms with van der Waals surface area (Å²) < 4.78 is 12.4. The monoisotopic (exact) mass is 477 g/mol. The van der Waals surface area contributed by atoms with Gasteiger partial charge in [0.2, 0.25) is 5.71 Å². The van der Waals surface area contributed by atoms with E-state index in [1.165, 1.54) is 5.39 Å². The number of benzene rings is 4. The molecule has 8 rings (SSSR count). The van der Waals surface area contributed by atoms with Gasteiger partial charge in [-0.1, -0.05) is 48.5 Å². The normalized spacial score (nSPS) is 11.8. The molecule has 37 heavy (non-hydrogen) atoms. The first kappa shape index (κ1) is 20.1. The largest absolute Gasteiger partial charge is 0.454 e. The van der Waals surface area contributed by atoms with Crippen molar-refractivity contribution >= 4 is 71.8 Å². The second kappa shape index (κ2) is 7.67. The lowest BCUT2D eigenvalue weighted by Crippen LogP contribution is -2.11. The first-order chi connectivity index (χ1) is 18.4. The second-order valence-corrected chi connectivity index (χ2v) is 9.07. The van der Waals surface area contributed by atoms with Crippen molar-refractivity contribution in [1.82, 2.24) is 9.97 Å². The zero-order valence-corrected chi connectivity index (χ0v) is 19.6. The van der Waals surface area contributed by atoms with Gasteiger partial charge in [-0.05, 0) is 53.9 Å². The molecular weight excluding hydrogens is 458 g/mol. The van der Waals surface area contributed by atoms with E-state index < -0.39 is 0 Å². The molecule has 8 aromatic rings. The minimum Gasteiger partial charge on any atom is -0.454 e. The summed E-state index contributed by atoms with van der Waals surface area (Å²) in [5.41, 5.74) is 6.10. The Balaban J connectivity index is 1.55. The van der Waals surface area contributed by atoms with E-state index in [2.05, 4.69) is 75.5 Å². The number of pyridine rings is 2. The molecule has 0 fully saturated rings. The predicted octanol–water partition coefficient (Wildman–Crippen LogP) is 8.90. The molecule has 0 amide bonds. The van der Waals surface area contributed by atoms with Gasteiger partial charge in [-0.25, -0.2) is 4.98 Å². The maximum atomic E-state index is 6.23. The number of rotatable bonds is 3. The summed E-state index contributed by atoms with van der Waals surface area (Å²) in [4.78, 5) is 11.1. The van der Waals surface area contributed by atoms with Crippen LogP contribution in [0, 0.1) is 0 Å². The van der Waals surface area contributed by atoms with E-state index in [9.17, 15) is 0 Å². The summed E-state index contributed by atoms with van der Waals surface area (Å²) in [7, 11) is 0. The zero-order chi connectivity index (χ0) is 24.3. The topological polar surface area (TPSA) is 55.3 Å². The molecule has 0 aliphatic rings. The van der Waals surface area contributed by atoms with Crippen molar-refractivity contribution in [2.45, 2.75) is 0 Å². The van der Waals surface area contributed by atoms with E-state index in [0.29, 0.717) is 5.71 Å². The standard InChI is InChI=1S/C32H19N3O2/c1-2-9-21-20(7-1)8-3-11-24(21)35(25-12-4-14-27-30(25)22-16-18-33-19-29(22)36-27)26-13-5-15-28-31(26)23-10-6-17-34-32(23)37-28/h1-19H. The summed E-state index contributed by atoms with van der Waals surface area (Å²) in [5, 5.41) is 6.38. The fourth-order valence-electron chi connectivity index (χ4n) is 5.47. The lowest BCUT2D eigenvalue weighted by Gasteiger charge is -2.28. The van der Waals surface area contributed by atoms with E-state index in [-0.39, 0.29) is 0 Å². The average molecular weight is 478 g/mol. The van der Waals surface area contributed by atoms with Gasteiger partial charge in [0, 0.05) is 23.2 Å². The Bertz CT molecular complexity index is 2000. The number of hydrogen-bond donors (Lipinski definition) is 0. The van der Waals surface area contributed by atoms with E-state index in [0.717, 1.165) is 60.7 Å². The Morgan fingerprint density at radius 3 is 2.11 bits per heavy atom. The lowest BCUT2D eigenvalue weighted by atomic mass is 10.0. The van der Waals surface area contributed by atoms with Crippen LogP contribution in [-0.2, 0) is 0 Å². The van der Waals surface area contributed by atoms with Gasteiger partial charge in [0.05, 0.1) is 39.4 Å². The molecule has 0 bridgehead atoms. The molecule has 0 saturated carbocycles. The molecule has 0 atom stereocenters. The summed E-state index contributed by atoms with van der Waals surface area (Å²) in [5.74, 6) is 0. The lowest BCUT2D eigenvalue weighted by molar-refractivity contribution is 0.654. The Morgan fingerprint density at radius 2 is 1.22 bits per heavy atom. The van der Waals surface area contributed by atoms with Gasteiger partial charge in [-0.2, -0.15) is 0 Å². The highest BCUT2D eigenvalue weighted by molar-refractivity contribution is 6.18. The van der Waals surface area contributed by atoms with Crippen LogP contribution in [-0.4, -0.2) is 9.97 Å². The maximum absolute atomic E-state index is 6.23. The third-order valence-electron chi connectivity index (χ3n) is 7.02. The molecule has 0 aliphatic heterocycles. The molecule has 4 aromatic heterocycles. The van der Waals surface area contributed by atoms with Crippen LogP contribution in [0.3, 0.4) is 0 Å². The number of anilines is 3. The van der Waals surface area contributed by atoms with Gasteiger partial charge < -0.3 is 13.7 Å². The SMILES string of the molecule is c1ccc2c(N(c3cccc4oc5cnccc5c34)c3cccc4oc5ncccc5c34)cccc2c1. The number of furan rings is 2. The smallest absolute Gasteiger partial charge is 0.227 e. The van der Waals surface area contributed by atoms with Crippen LogP contribution >= 0.6 is 0 Å². The predicted molar refractivity (Wildman–Crippen MR) is 149 cm³/mol. The maximum Gasteiger partial charge on any atom is 0.227 e. The van der Waals surface area contributed by atoms with Crippen molar-refractivity contribution in [3.05, 3.63) is 116 Å². The molecule has 0 radical (unpaired) electrons. The highest BCUT2D eigenvalue weighted by Crippen LogP contribution is 2.47. The van der Waals surface area contributed by atoms with Crippen LogP contribution in [0.15, 0.2) is 124 Å². The van der Waals surface area contributed by atoms with Gasteiger partial charge in [0.15, 0.2) is 5.58 Å². The fraction of sp³-hybridized carbons (Fsp3) is 0. The van der Waals surface area contributed by atoms with Crippen molar-refractivity contribution < 1.29 is 8.83 Å². The fourth-order valence-corrected chi connectivity index (χ4v) is 5.47. The van der Waals surface area contributed by atoms with Crippen LogP contribution in [0.1, 0.15) is 0 Å². The van der Waals surface area contributed by atoms with Crippen LogP contribution in [0.5, 0.6) is 0 Å². The van der Waals surface area contributed by atoms with Gasteiger partial charge in [-0.3, -0.25) is 4.98 Å². The van der Waals surface area contributed by atoms with Crippen LogP contribution in [0.4, 0.5) is 17.1 Å². The minimum absolute atomic E-state index is 0.626. The summed E-state index contributed by atoms with van der Waals surface area (Å²) in [6.45, 7) is 0. The summed E-state index contributed by atoms with van der Waals surface area (Å²) in [6.07, 6.45) is 5.35. The quantitative estimate of drug-likeness (QED) is 0.254. The molecule has 174 valence electrons. The third kappa shape index (κ3) is 2.91. The van der Waals surface area contributed by atoms with Crippen molar-refractivity contribution in [2.75, 3.05) is 4.90 Å². The Labute approximate surface area is 211 Å². The van der Waals surface area contributed by atoms with E-state index in [4.69, 9.17) is 8.83 Å². The number of nitrogens with zero attached hydrogens (tertiary/aromatic N) is 3. The minimum atomic E-state index is 0.626. The van der Waals surface area contributed by atoms with Crippen molar-refractivity contribution in [2.24, 2.45) is 0 Å². The summed E-state index contributed by atoms with van der Waals surface area (Å²) in [6, 6.07) is 33.3. The third-order valence-corrected chi connectivity index (χ3v) is 7.02. The molecule has 5 nitrogen and oxygen atoms in total. The van der Waals surface area contributed by atoms with Crippen LogP contribution < -0.4 is 4.90 Å². The first-order valence-corrected chi connectivity index (χ1v) is 12.2. The molecule has 4 aromatic carbocycles. The van der Waals surface area contributed by atoms with E-state index in [1.807, 2.05) is 42.6 Å². The number of hydrogen-bond acceptors (Lipinski definition) is 5. The Kier molecular flexibility index (Phi) is 4.16. The highest BCUT2D eigenvalue weighted by Gasteiger charge is 2.24. The van der Waals surface area contributed by atoms with Gasteiger partial charge in [-0.15, -0.1) is 0 Å². The molecular formula is C32H19N3O2. The molecule has 0 unspecified atom stereocenters. The van der Waals surface area contributed by atoms with E-state index in [1.54, 1.807) is 12.4 Å². The van der Waals surface area contributed by atoms with Gasteiger partial charge >= 0.3 is 0 Å². The molecule has 4 heterocycles. The Hall–Kier alpha value is -5.16. The molecule has 0 N–H and O–H groups in total. The van der Waals surface area contributed by atoms with Crippen molar-refractivity contribution in [3.63, 3.8) is 0 Å². The second-order valence-electron chi connectivity index (χ2n) is 9.07. The first-order valence-electron chi connectivity index (χ1n) is 12.2. The van der Waals surface area contributed by atoms with Crippen molar-refractivity contribution in [3.8, 4) is 0 Å². The van der Waals surface area contributed by atoms with Crippen LogP contribution in [0.25, 0.3) is 54.8 Å². The van der Waals surface area contributed by atoms with E-state index >= 15 is 0 Å². The number of aromatic nitrogens is 2. The highest BCUT2D eigenvalue weighted by atomic mass is 16.3. The number of fused-ring (bicyclic) bond motifs is 7. The van der Waals surface area contributed by atoms with Crippen LogP contribution in [0.2, 0.25) is 0 Å². The van der Waals surface area contributed by atoms with Gasteiger partial charge in [0.1, 0.15) is 11.2 Å². The molecule has 0 aliphatic carbocycles. The van der Waals surface area contributed by atoms with Gasteiger partial charge in [0.25, 0.3) is 0 Å². The zero-order valence-electron chi connectivity index (χ0n) is 19.6.